The topological polar surface area (TPSA) is 17.8 Å². The van der Waals surface area contributed by atoms with Crippen LogP contribution >= 0.6 is 0 Å². The number of alkyl halides is 3. The second-order valence-electron chi connectivity index (χ2n) is 4.38. The van der Waals surface area contributed by atoms with E-state index in [1.165, 1.54) is 6.07 Å². The Morgan fingerprint density at radius 3 is 2.41 bits per heavy atom. The van der Waals surface area contributed by atoms with Gasteiger partial charge >= 0.3 is 6.18 Å². The molecule has 0 bridgehead atoms. The summed E-state index contributed by atoms with van der Waals surface area (Å²) < 4.78 is 39.5. The minimum absolute atomic E-state index is 0.182. The molecule has 17 heavy (non-hydrogen) atoms. The number of fused-ring (bicyclic) bond motifs is 1. The van der Waals surface area contributed by atoms with Crippen molar-refractivity contribution in [3.05, 3.63) is 29.6 Å². The molecular weight excluding hydrogens is 229 g/mol. The molecule has 2 aromatic rings. The molecular formula is C12H13F3N2. The van der Waals surface area contributed by atoms with Gasteiger partial charge in [-0.1, -0.05) is 13.8 Å². The molecule has 1 heterocycles. The molecule has 0 spiro atoms. The summed E-state index contributed by atoms with van der Waals surface area (Å²) in [6.07, 6.45) is -4.32. The zero-order valence-electron chi connectivity index (χ0n) is 9.84. The molecule has 0 aliphatic rings. The van der Waals surface area contributed by atoms with Gasteiger partial charge in [0.1, 0.15) is 5.82 Å². The van der Waals surface area contributed by atoms with Gasteiger partial charge < -0.3 is 4.57 Å². The Morgan fingerprint density at radius 1 is 1.24 bits per heavy atom. The number of nitrogens with zero attached hydrogens (tertiary/aromatic N) is 2. The lowest BCUT2D eigenvalue weighted by molar-refractivity contribution is -0.137. The molecule has 92 valence electrons. The number of hydrogen-bond donors (Lipinski definition) is 0. The number of halogens is 3. The van der Waals surface area contributed by atoms with Crippen LogP contribution in [0.25, 0.3) is 11.0 Å². The average molecular weight is 242 g/mol. The van der Waals surface area contributed by atoms with E-state index in [1.54, 1.807) is 0 Å². The van der Waals surface area contributed by atoms with Crippen molar-refractivity contribution < 1.29 is 13.2 Å². The molecule has 0 radical (unpaired) electrons. The first-order valence-electron chi connectivity index (χ1n) is 5.34. The third-order valence-corrected chi connectivity index (χ3v) is 2.76. The van der Waals surface area contributed by atoms with Crippen LogP contribution in [-0.2, 0) is 13.2 Å². The van der Waals surface area contributed by atoms with Crippen LogP contribution in [0.4, 0.5) is 13.2 Å². The van der Waals surface area contributed by atoms with Crippen LogP contribution < -0.4 is 0 Å². The Morgan fingerprint density at radius 2 is 1.88 bits per heavy atom. The van der Waals surface area contributed by atoms with Crippen molar-refractivity contribution in [3.63, 3.8) is 0 Å². The van der Waals surface area contributed by atoms with Crippen molar-refractivity contribution in [3.8, 4) is 0 Å². The van der Waals surface area contributed by atoms with Crippen LogP contribution in [0.15, 0.2) is 18.2 Å². The first-order valence-corrected chi connectivity index (χ1v) is 5.34. The van der Waals surface area contributed by atoms with Gasteiger partial charge in [-0.05, 0) is 18.2 Å². The van der Waals surface area contributed by atoms with E-state index in [2.05, 4.69) is 4.98 Å². The van der Waals surface area contributed by atoms with E-state index >= 15 is 0 Å². The minimum atomic E-state index is -4.32. The number of aryl methyl sites for hydroxylation is 1. The summed E-state index contributed by atoms with van der Waals surface area (Å²) >= 11 is 0. The largest absolute Gasteiger partial charge is 0.416 e. The molecule has 0 amide bonds. The average Bonchev–Trinajstić information content (AvgIpc) is 2.54. The van der Waals surface area contributed by atoms with E-state index in [0.29, 0.717) is 5.52 Å². The first-order chi connectivity index (χ1) is 7.80. The van der Waals surface area contributed by atoms with Crippen molar-refractivity contribution in [1.29, 1.82) is 0 Å². The molecule has 0 aliphatic heterocycles. The molecule has 0 aliphatic carbocycles. The zero-order valence-corrected chi connectivity index (χ0v) is 9.84. The number of hydrogen-bond acceptors (Lipinski definition) is 1. The fraction of sp³-hybridized carbons (Fsp3) is 0.417. The van der Waals surface area contributed by atoms with E-state index in [4.69, 9.17) is 0 Å². The third-order valence-electron chi connectivity index (χ3n) is 2.76. The molecule has 0 fully saturated rings. The van der Waals surface area contributed by atoms with E-state index in [0.717, 1.165) is 23.5 Å². The molecule has 2 rings (SSSR count). The maximum atomic E-state index is 12.5. The second kappa shape index (κ2) is 3.75. The second-order valence-corrected chi connectivity index (χ2v) is 4.38. The maximum absolute atomic E-state index is 12.5. The molecule has 2 nitrogen and oxygen atoms in total. The van der Waals surface area contributed by atoms with Crippen LogP contribution in [0.1, 0.15) is 31.2 Å². The fourth-order valence-corrected chi connectivity index (χ4v) is 1.91. The van der Waals surface area contributed by atoms with E-state index in [9.17, 15) is 13.2 Å². The van der Waals surface area contributed by atoms with Gasteiger partial charge in [0.25, 0.3) is 0 Å². The van der Waals surface area contributed by atoms with Crippen LogP contribution in [0.2, 0.25) is 0 Å². The molecule has 0 N–H and O–H groups in total. The Hall–Kier alpha value is -1.52. The highest BCUT2D eigenvalue weighted by Gasteiger charge is 2.31. The highest BCUT2D eigenvalue weighted by atomic mass is 19.4. The van der Waals surface area contributed by atoms with Crippen molar-refractivity contribution in [2.45, 2.75) is 25.9 Å². The number of benzene rings is 1. The van der Waals surface area contributed by atoms with Crippen LogP contribution in [0, 0.1) is 0 Å². The highest BCUT2D eigenvalue weighted by Crippen LogP contribution is 2.31. The summed E-state index contributed by atoms with van der Waals surface area (Å²) in [6.45, 7) is 3.93. The summed E-state index contributed by atoms with van der Waals surface area (Å²) in [4.78, 5) is 4.25. The molecule has 0 saturated carbocycles. The lowest BCUT2D eigenvalue weighted by Gasteiger charge is -2.06. The van der Waals surface area contributed by atoms with Crippen LogP contribution in [-0.4, -0.2) is 9.55 Å². The van der Waals surface area contributed by atoms with Gasteiger partial charge in [-0.15, -0.1) is 0 Å². The predicted octanol–water partition coefficient (Wildman–Crippen LogP) is 3.72. The van der Waals surface area contributed by atoms with Crippen molar-refractivity contribution in [2.24, 2.45) is 7.05 Å². The molecule has 0 unspecified atom stereocenters. The maximum Gasteiger partial charge on any atom is 0.416 e. The van der Waals surface area contributed by atoms with Gasteiger partial charge in [0.2, 0.25) is 0 Å². The summed E-state index contributed by atoms with van der Waals surface area (Å²) in [6, 6.07) is 3.66. The number of imidazole rings is 1. The Kier molecular flexibility index (Phi) is 2.64. The summed E-state index contributed by atoms with van der Waals surface area (Å²) in [5, 5.41) is 0. The van der Waals surface area contributed by atoms with Crippen LogP contribution in [0.3, 0.4) is 0 Å². The lowest BCUT2D eigenvalue weighted by atomic mass is 10.2. The highest BCUT2D eigenvalue weighted by molar-refractivity contribution is 5.77. The molecule has 1 aromatic heterocycles. The lowest BCUT2D eigenvalue weighted by Crippen LogP contribution is -2.04. The van der Waals surface area contributed by atoms with Crippen LogP contribution in [0.5, 0.6) is 0 Å². The van der Waals surface area contributed by atoms with E-state index in [1.807, 2.05) is 25.5 Å². The third kappa shape index (κ3) is 2.01. The standard InChI is InChI=1S/C12H13F3N2/c1-7(2)11-16-9-6-8(12(13,14)15)4-5-10(9)17(11)3/h4-7H,1-3H3. The normalized spacial score (nSPS) is 12.6. The first kappa shape index (κ1) is 12.0. The van der Waals surface area contributed by atoms with Crippen molar-refractivity contribution in [1.82, 2.24) is 9.55 Å². The van der Waals surface area contributed by atoms with Gasteiger partial charge in [0, 0.05) is 13.0 Å². The number of aromatic nitrogens is 2. The Labute approximate surface area is 97.1 Å². The van der Waals surface area contributed by atoms with Gasteiger partial charge in [-0.2, -0.15) is 13.2 Å². The zero-order chi connectivity index (χ0) is 12.8. The van der Waals surface area contributed by atoms with E-state index < -0.39 is 11.7 Å². The van der Waals surface area contributed by atoms with Gasteiger partial charge in [-0.25, -0.2) is 4.98 Å². The summed E-state index contributed by atoms with van der Waals surface area (Å²) in [5.41, 5.74) is 0.464. The fourth-order valence-electron chi connectivity index (χ4n) is 1.91. The molecule has 5 heteroatoms. The predicted molar refractivity (Wildman–Crippen MR) is 59.8 cm³/mol. The quantitative estimate of drug-likeness (QED) is 0.745. The molecule has 0 saturated heterocycles. The Bertz CT molecular complexity index is 553. The summed E-state index contributed by atoms with van der Waals surface area (Å²) in [5.74, 6) is 0.973. The number of rotatable bonds is 1. The molecule has 0 atom stereocenters. The van der Waals surface area contributed by atoms with Gasteiger partial charge in [-0.3, -0.25) is 0 Å². The van der Waals surface area contributed by atoms with E-state index in [-0.39, 0.29) is 5.92 Å². The monoisotopic (exact) mass is 242 g/mol. The SMILES string of the molecule is CC(C)c1nc2cc(C(F)(F)F)ccc2n1C. The van der Waals surface area contributed by atoms with Crippen molar-refractivity contribution >= 4 is 11.0 Å². The summed E-state index contributed by atoms with van der Waals surface area (Å²) in [7, 11) is 1.82. The minimum Gasteiger partial charge on any atom is -0.331 e. The van der Waals surface area contributed by atoms with Crippen molar-refractivity contribution in [2.75, 3.05) is 0 Å². The van der Waals surface area contributed by atoms with Gasteiger partial charge in [0.05, 0.1) is 16.6 Å². The smallest absolute Gasteiger partial charge is 0.331 e. The van der Waals surface area contributed by atoms with Gasteiger partial charge in [0.15, 0.2) is 0 Å². The molecule has 1 aromatic carbocycles. The Balaban J connectivity index is 2.64.